The summed E-state index contributed by atoms with van der Waals surface area (Å²) in [6, 6.07) is 26.7. The maximum Gasteiger partial charge on any atom is 0.161 e. The number of methoxy groups -OCH3 is 10. The van der Waals surface area contributed by atoms with E-state index >= 15 is 0 Å². The highest BCUT2D eigenvalue weighted by Crippen LogP contribution is 2.64. The average molecular weight is 975 g/mol. The van der Waals surface area contributed by atoms with Gasteiger partial charge in [-0.25, -0.2) is 0 Å². The van der Waals surface area contributed by atoms with Crippen molar-refractivity contribution in [1.82, 2.24) is 0 Å². The summed E-state index contributed by atoms with van der Waals surface area (Å²) >= 11 is 0. The van der Waals surface area contributed by atoms with Crippen LogP contribution in [0, 0.1) is 0 Å². The standard InChI is InChI=1S/C55H58O16/c1-59-30-14-16-32(39(24-30)64-6)44-46-53-34(26-35(56)50(69-53)27-11-18-36(61-3)41(21-27)66-8)54-47(55(46)71-52(49(44)58)29-13-20-38(63-5)43(23-29)68-10)45(33-17-15-31(60-2)25-40(33)65-7)48(57)51(70-54)28-12-19-37(62-4)42(22-28)67-9/h11-25,35,44-45,48-52,56-58H,26H2,1-10H3/t35-,44+,45-,48+,49+,50-,51+,52-/m1/s1. The molecule has 9 rings (SSSR count). The van der Waals surface area contributed by atoms with E-state index in [0.29, 0.717) is 114 Å². The molecule has 3 heterocycles. The van der Waals surface area contributed by atoms with Crippen LogP contribution in [-0.2, 0) is 6.42 Å². The molecule has 0 saturated heterocycles. The Balaban J connectivity index is 1.40. The lowest BCUT2D eigenvalue weighted by molar-refractivity contribution is -0.0171. The SMILES string of the molecule is COc1ccc([C@H]2c3c4c(c5c(c3O[C@H](c3ccc(OC)c(OC)c3)[C@H]2O)[C@@H](c2ccc(OC)cc2OC)[C@H](O)[C@H](c2ccc(OC)c(OC)c2)O5)C[C@@H](O)[C@@H](c2ccc(OC)c(OC)c2)O4)c(OC)c1. The molecule has 6 aromatic carbocycles. The summed E-state index contributed by atoms with van der Waals surface area (Å²) in [5.41, 5.74) is 4.13. The molecule has 16 heteroatoms. The van der Waals surface area contributed by atoms with Crippen LogP contribution in [0.1, 0.15) is 74.7 Å². The van der Waals surface area contributed by atoms with Gasteiger partial charge in [0.15, 0.2) is 46.7 Å². The number of hydrogen-bond donors (Lipinski definition) is 3. The van der Waals surface area contributed by atoms with Crippen molar-refractivity contribution in [2.75, 3.05) is 71.1 Å². The topological polar surface area (TPSA) is 181 Å². The smallest absolute Gasteiger partial charge is 0.161 e. The molecule has 6 aromatic rings. The molecule has 0 bridgehead atoms. The summed E-state index contributed by atoms with van der Waals surface area (Å²) < 4.78 is 79.2. The second kappa shape index (κ2) is 20.1. The monoisotopic (exact) mass is 974 g/mol. The fourth-order valence-corrected chi connectivity index (χ4v) is 10.3. The first-order chi connectivity index (χ1) is 34.5. The molecule has 374 valence electrons. The highest BCUT2D eigenvalue weighted by atomic mass is 16.5. The molecular formula is C55H58O16. The van der Waals surface area contributed by atoms with Gasteiger partial charge < -0.3 is 76.9 Å². The summed E-state index contributed by atoms with van der Waals surface area (Å²) in [6.45, 7) is 0. The van der Waals surface area contributed by atoms with E-state index < -0.39 is 48.5 Å². The summed E-state index contributed by atoms with van der Waals surface area (Å²) in [6.07, 6.45) is -6.99. The first kappa shape index (κ1) is 48.6. The quantitative estimate of drug-likeness (QED) is 0.0898. The largest absolute Gasteiger partial charge is 0.497 e. The molecule has 16 nitrogen and oxygen atoms in total. The molecule has 0 spiro atoms. The molecule has 3 aliphatic heterocycles. The van der Waals surface area contributed by atoms with Crippen molar-refractivity contribution in [3.63, 3.8) is 0 Å². The van der Waals surface area contributed by atoms with Gasteiger partial charge in [0.1, 0.15) is 58.6 Å². The van der Waals surface area contributed by atoms with Crippen LogP contribution in [0.15, 0.2) is 91.0 Å². The third-order valence-corrected chi connectivity index (χ3v) is 13.7. The number of ether oxygens (including phenoxy) is 13. The van der Waals surface area contributed by atoms with Crippen LogP contribution in [0.25, 0.3) is 0 Å². The Labute approximate surface area is 411 Å². The Morgan fingerprint density at radius 2 is 0.718 bits per heavy atom. The second-order valence-corrected chi connectivity index (χ2v) is 17.2. The van der Waals surface area contributed by atoms with E-state index in [9.17, 15) is 15.3 Å². The number of fused-ring (bicyclic) bond motifs is 6. The minimum Gasteiger partial charge on any atom is -0.497 e. The lowest BCUT2D eigenvalue weighted by atomic mass is 9.72. The normalized spacial score (nSPS) is 21.9. The Hall–Kier alpha value is -7.40. The second-order valence-electron chi connectivity index (χ2n) is 17.2. The lowest BCUT2D eigenvalue weighted by Gasteiger charge is -2.46. The zero-order valence-corrected chi connectivity index (χ0v) is 41.1. The summed E-state index contributed by atoms with van der Waals surface area (Å²) in [4.78, 5) is 0. The van der Waals surface area contributed by atoms with E-state index in [0.717, 1.165) is 0 Å². The van der Waals surface area contributed by atoms with Gasteiger partial charge >= 0.3 is 0 Å². The first-order valence-corrected chi connectivity index (χ1v) is 22.9. The lowest BCUT2D eigenvalue weighted by Crippen LogP contribution is -2.41. The first-order valence-electron chi connectivity index (χ1n) is 22.9. The molecule has 0 radical (unpaired) electrons. The van der Waals surface area contributed by atoms with Crippen molar-refractivity contribution in [3.05, 3.63) is 136 Å². The van der Waals surface area contributed by atoms with Crippen LogP contribution < -0.4 is 61.6 Å². The molecular weight excluding hydrogens is 917 g/mol. The molecule has 0 amide bonds. The molecule has 0 unspecified atom stereocenters. The van der Waals surface area contributed by atoms with E-state index in [1.54, 1.807) is 129 Å². The minimum absolute atomic E-state index is 0.00710. The maximum atomic E-state index is 13.2. The Kier molecular flexibility index (Phi) is 13.8. The van der Waals surface area contributed by atoms with Gasteiger partial charge in [0.25, 0.3) is 0 Å². The van der Waals surface area contributed by atoms with Crippen molar-refractivity contribution in [2.45, 2.75) is 54.9 Å². The zero-order valence-electron chi connectivity index (χ0n) is 41.1. The zero-order chi connectivity index (χ0) is 50.2. The molecule has 8 atom stereocenters. The average Bonchev–Trinajstić information content (AvgIpc) is 3.41. The predicted molar refractivity (Wildman–Crippen MR) is 260 cm³/mol. The van der Waals surface area contributed by atoms with Crippen LogP contribution in [0.2, 0.25) is 0 Å². The van der Waals surface area contributed by atoms with Crippen molar-refractivity contribution >= 4 is 0 Å². The van der Waals surface area contributed by atoms with Crippen molar-refractivity contribution in [1.29, 1.82) is 0 Å². The number of hydrogen-bond acceptors (Lipinski definition) is 16. The van der Waals surface area contributed by atoms with Crippen LogP contribution >= 0.6 is 0 Å². The van der Waals surface area contributed by atoms with Crippen LogP contribution in [0.4, 0.5) is 0 Å². The highest BCUT2D eigenvalue weighted by molar-refractivity contribution is 5.72. The van der Waals surface area contributed by atoms with E-state index in [4.69, 9.17) is 61.6 Å². The fraction of sp³-hybridized carbons (Fsp3) is 0.345. The Morgan fingerprint density at radius 1 is 0.366 bits per heavy atom. The Morgan fingerprint density at radius 3 is 1.08 bits per heavy atom. The van der Waals surface area contributed by atoms with Gasteiger partial charge in [-0.15, -0.1) is 0 Å². The molecule has 0 fully saturated rings. The molecule has 71 heavy (non-hydrogen) atoms. The van der Waals surface area contributed by atoms with Crippen molar-refractivity contribution in [3.8, 4) is 74.7 Å². The van der Waals surface area contributed by atoms with Crippen LogP contribution in [-0.4, -0.2) is 105 Å². The van der Waals surface area contributed by atoms with Gasteiger partial charge in [-0.2, -0.15) is 0 Å². The molecule has 0 saturated carbocycles. The maximum absolute atomic E-state index is 13.2. The van der Waals surface area contributed by atoms with Gasteiger partial charge in [-0.3, -0.25) is 0 Å². The number of aliphatic hydroxyl groups is 3. The Bertz CT molecular complexity index is 2830. The molecule has 3 N–H and O–H groups in total. The molecule has 0 aliphatic carbocycles. The van der Waals surface area contributed by atoms with Gasteiger partial charge in [0.2, 0.25) is 0 Å². The number of rotatable bonds is 15. The van der Waals surface area contributed by atoms with Crippen LogP contribution in [0.3, 0.4) is 0 Å². The van der Waals surface area contributed by atoms with E-state index in [2.05, 4.69) is 0 Å². The van der Waals surface area contributed by atoms with Crippen LogP contribution in [0.5, 0.6) is 74.7 Å². The predicted octanol–water partition coefficient (Wildman–Crippen LogP) is 8.06. The van der Waals surface area contributed by atoms with Crippen molar-refractivity contribution in [2.24, 2.45) is 0 Å². The third-order valence-electron chi connectivity index (χ3n) is 13.7. The van der Waals surface area contributed by atoms with Gasteiger partial charge in [-0.1, -0.05) is 30.3 Å². The van der Waals surface area contributed by atoms with E-state index in [1.165, 1.54) is 21.3 Å². The molecule has 3 aliphatic rings. The number of benzene rings is 6. The van der Waals surface area contributed by atoms with Gasteiger partial charge in [0, 0.05) is 58.2 Å². The fourth-order valence-electron chi connectivity index (χ4n) is 10.3. The summed E-state index contributed by atoms with van der Waals surface area (Å²) in [5, 5.41) is 38.8. The summed E-state index contributed by atoms with van der Waals surface area (Å²) in [7, 11) is 15.4. The minimum atomic E-state index is -1.34. The molecule has 0 aromatic heterocycles. The van der Waals surface area contributed by atoms with Gasteiger partial charge in [0.05, 0.1) is 77.2 Å². The summed E-state index contributed by atoms with van der Waals surface area (Å²) in [5.74, 6) is 3.44. The number of aliphatic hydroxyl groups excluding tert-OH is 3. The highest BCUT2D eigenvalue weighted by Gasteiger charge is 2.52. The van der Waals surface area contributed by atoms with E-state index in [-0.39, 0.29) is 12.2 Å². The van der Waals surface area contributed by atoms with Crippen molar-refractivity contribution < 1.29 is 76.9 Å². The van der Waals surface area contributed by atoms with Gasteiger partial charge in [-0.05, 0) is 65.2 Å². The third kappa shape index (κ3) is 8.38. The van der Waals surface area contributed by atoms with E-state index in [1.807, 2.05) is 12.1 Å².